The highest BCUT2D eigenvalue weighted by Gasteiger charge is 2.25. The maximum Gasteiger partial charge on any atom is 0.285 e. The van der Waals surface area contributed by atoms with E-state index in [1.807, 2.05) is 0 Å². The molecule has 0 bridgehead atoms. The Bertz CT molecular complexity index is 547. The van der Waals surface area contributed by atoms with Crippen LogP contribution < -0.4 is 11.1 Å². The van der Waals surface area contributed by atoms with Crippen LogP contribution in [0.1, 0.15) is 23.2 Å². The predicted octanol–water partition coefficient (Wildman–Crippen LogP) is 1.94. The second-order valence-electron chi connectivity index (χ2n) is 4.54. The van der Waals surface area contributed by atoms with Crippen LogP contribution in [0.5, 0.6) is 0 Å². The van der Waals surface area contributed by atoms with Crippen LogP contribution in [-0.4, -0.2) is 28.4 Å². The van der Waals surface area contributed by atoms with Crippen LogP contribution in [0, 0.1) is 15.9 Å². The van der Waals surface area contributed by atoms with Gasteiger partial charge in [-0.2, -0.15) is 11.8 Å². The van der Waals surface area contributed by atoms with Crippen molar-refractivity contribution >= 4 is 29.0 Å². The van der Waals surface area contributed by atoms with E-state index < -0.39 is 22.3 Å². The Morgan fingerprint density at radius 3 is 2.90 bits per heavy atom. The van der Waals surface area contributed by atoms with Crippen molar-refractivity contribution in [3.05, 3.63) is 33.6 Å². The van der Waals surface area contributed by atoms with E-state index in [9.17, 15) is 19.3 Å². The third-order valence-electron chi connectivity index (χ3n) is 3.05. The normalized spacial score (nSPS) is 18.6. The summed E-state index contributed by atoms with van der Waals surface area (Å²) < 4.78 is 13.3. The summed E-state index contributed by atoms with van der Waals surface area (Å²) in [7, 11) is 0. The van der Waals surface area contributed by atoms with Gasteiger partial charge in [0, 0.05) is 11.8 Å². The first kappa shape index (κ1) is 14.6. The number of nitrogen functional groups attached to an aromatic ring is 1. The van der Waals surface area contributed by atoms with E-state index in [1.54, 1.807) is 11.8 Å². The summed E-state index contributed by atoms with van der Waals surface area (Å²) in [5.74, 6) is 0.337. The molecule has 20 heavy (non-hydrogen) atoms. The van der Waals surface area contributed by atoms with Gasteiger partial charge in [0.1, 0.15) is 5.56 Å². The Labute approximate surface area is 119 Å². The quantitative estimate of drug-likeness (QED) is 0.505. The number of nitrogens with zero attached hydrogens (tertiary/aromatic N) is 1. The average Bonchev–Trinajstić information content (AvgIpc) is 2.42. The number of hydrogen-bond donors (Lipinski definition) is 2. The Balaban J connectivity index is 2.23. The number of hydrogen-bond acceptors (Lipinski definition) is 5. The largest absolute Gasteiger partial charge is 0.396 e. The van der Waals surface area contributed by atoms with Crippen LogP contribution in [0.2, 0.25) is 0 Å². The van der Waals surface area contributed by atoms with Gasteiger partial charge in [0.05, 0.1) is 16.7 Å². The number of rotatable bonds is 3. The summed E-state index contributed by atoms with van der Waals surface area (Å²) in [4.78, 5) is 22.2. The molecule has 1 atom stereocenters. The predicted molar refractivity (Wildman–Crippen MR) is 75.3 cm³/mol. The highest BCUT2D eigenvalue weighted by Crippen LogP contribution is 2.25. The molecule has 1 saturated heterocycles. The summed E-state index contributed by atoms with van der Waals surface area (Å²) >= 11 is 1.72. The van der Waals surface area contributed by atoms with Gasteiger partial charge in [-0.3, -0.25) is 14.9 Å². The molecule has 1 amide bonds. The molecular weight excluding hydrogens is 285 g/mol. The van der Waals surface area contributed by atoms with Crippen molar-refractivity contribution in [2.24, 2.45) is 0 Å². The van der Waals surface area contributed by atoms with Gasteiger partial charge >= 0.3 is 0 Å². The van der Waals surface area contributed by atoms with E-state index in [0.717, 1.165) is 30.4 Å². The molecule has 6 nitrogen and oxygen atoms in total. The number of nitro groups is 1. The molecular formula is C12H14FN3O3S. The monoisotopic (exact) mass is 299 g/mol. The zero-order chi connectivity index (χ0) is 14.7. The molecule has 108 valence electrons. The van der Waals surface area contributed by atoms with Gasteiger partial charge in [-0.1, -0.05) is 0 Å². The number of nitrogens with one attached hydrogen (secondary N) is 1. The van der Waals surface area contributed by atoms with Crippen LogP contribution in [0.25, 0.3) is 0 Å². The van der Waals surface area contributed by atoms with Crippen LogP contribution in [0.3, 0.4) is 0 Å². The number of amides is 1. The summed E-state index contributed by atoms with van der Waals surface area (Å²) in [6, 6.07) is 1.67. The second kappa shape index (κ2) is 6.08. The van der Waals surface area contributed by atoms with E-state index in [1.165, 1.54) is 0 Å². The first-order valence-electron chi connectivity index (χ1n) is 6.11. The van der Waals surface area contributed by atoms with E-state index in [0.29, 0.717) is 6.07 Å². The van der Waals surface area contributed by atoms with Crippen molar-refractivity contribution in [1.29, 1.82) is 0 Å². The molecule has 1 heterocycles. The number of halogens is 1. The number of benzene rings is 1. The minimum Gasteiger partial charge on any atom is -0.396 e. The van der Waals surface area contributed by atoms with Crippen molar-refractivity contribution < 1.29 is 14.1 Å². The first-order chi connectivity index (χ1) is 9.49. The molecule has 0 aromatic heterocycles. The minimum absolute atomic E-state index is 0.0212. The minimum atomic E-state index is -0.901. The molecule has 1 aromatic rings. The van der Waals surface area contributed by atoms with E-state index in [4.69, 9.17) is 5.73 Å². The maximum atomic E-state index is 13.3. The standard InChI is InChI=1S/C12H14FN3O3S/c13-9-5-11(16(18)19)8(4-10(9)14)12(17)15-7-2-1-3-20-6-7/h4-5,7H,1-3,6,14H2,(H,15,17). The fourth-order valence-corrected chi connectivity index (χ4v) is 3.10. The van der Waals surface area contributed by atoms with Gasteiger partial charge in [-0.15, -0.1) is 0 Å². The van der Waals surface area contributed by atoms with Gasteiger partial charge in [-0.05, 0) is 24.7 Å². The van der Waals surface area contributed by atoms with Gasteiger partial charge < -0.3 is 11.1 Å². The Hall–Kier alpha value is -1.83. The summed E-state index contributed by atoms with van der Waals surface area (Å²) in [6.07, 6.45) is 1.83. The molecule has 1 aliphatic heterocycles. The van der Waals surface area contributed by atoms with Gasteiger partial charge in [0.15, 0.2) is 5.82 Å². The molecule has 8 heteroatoms. The Morgan fingerprint density at radius 1 is 1.55 bits per heavy atom. The number of carbonyl (C=O) groups is 1. The average molecular weight is 299 g/mol. The lowest BCUT2D eigenvalue weighted by Gasteiger charge is -2.22. The molecule has 3 N–H and O–H groups in total. The van der Waals surface area contributed by atoms with Crippen LogP contribution in [-0.2, 0) is 0 Å². The summed E-state index contributed by atoms with van der Waals surface area (Å²) in [6.45, 7) is 0. The highest BCUT2D eigenvalue weighted by atomic mass is 32.2. The lowest BCUT2D eigenvalue weighted by molar-refractivity contribution is -0.385. The fourth-order valence-electron chi connectivity index (χ4n) is 2.03. The van der Waals surface area contributed by atoms with Crippen LogP contribution >= 0.6 is 11.8 Å². The molecule has 0 spiro atoms. The molecule has 1 fully saturated rings. The highest BCUT2D eigenvalue weighted by molar-refractivity contribution is 7.99. The molecule has 0 saturated carbocycles. The van der Waals surface area contributed by atoms with Crippen molar-refractivity contribution in [2.45, 2.75) is 18.9 Å². The summed E-state index contributed by atoms with van der Waals surface area (Å²) in [5, 5.41) is 13.6. The lowest BCUT2D eigenvalue weighted by atomic mass is 10.1. The molecule has 0 aliphatic carbocycles. The molecule has 0 radical (unpaired) electrons. The van der Waals surface area contributed by atoms with Crippen LogP contribution in [0.4, 0.5) is 15.8 Å². The smallest absolute Gasteiger partial charge is 0.285 e. The first-order valence-corrected chi connectivity index (χ1v) is 7.26. The molecule has 1 aliphatic rings. The lowest BCUT2D eigenvalue weighted by Crippen LogP contribution is -2.38. The zero-order valence-electron chi connectivity index (χ0n) is 10.6. The SMILES string of the molecule is Nc1cc(C(=O)NC2CCCSC2)c([N+](=O)[O-])cc1F. The topological polar surface area (TPSA) is 98.3 Å². The number of thioether (sulfide) groups is 1. The third kappa shape index (κ3) is 3.19. The van der Waals surface area contributed by atoms with E-state index in [-0.39, 0.29) is 17.3 Å². The van der Waals surface area contributed by atoms with E-state index >= 15 is 0 Å². The van der Waals surface area contributed by atoms with Crippen LogP contribution in [0.15, 0.2) is 12.1 Å². The van der Waals surface area contributed by atoms with E-state index in [2.05, 4.69) is 5.32 Å². The number of nitro benzene ring substituents is 1. The zero-order valence-corrected chi connectivity index (χ0v) is 11.4. The fraction of sp³-hybridized carbons (Fsp3) is 0.417. The Morgan fingerprint density at radius 2 is 2.30 bits per heavy atom. The summed E-state index contributed by atoms with van der Waals surface area (Å²) in [5.41, 5.74) is 4.32. The van der Waals surface area contributed by atoms with Crippen molar-refractivity contribution in [1.82, 2.24) is 5.32 Å². The number of anilines is 1. The van der Waals surface area contributed by atoms with Crippen molar-refractivity contribution in [3.8, 4) is 0 Å². The second-order valence-corrected chi connectivity index (χ2v) is 5.69. The number of nitrogens with two attached hydrogens (primary N) is 1. The number of carbonyl (C=O) groups excluding carboxylic acids is 1. The molecule has 2 rings (SSSR count). The van der Waals surface area contributed by atoms with Gasteiger partial charge in [0.2, 0.25) is 0 Å². The van der Waals surface area contributed by atoms with Gasteiger partial charge in [-0.25, -0.2) is 4.39 Å². The maximum absolute atomic E-state index is 13.3. The van der Waals surface area contributed by atoms with Crippen molar-refractivity contribution in [3.63, 3.8) is 0 Å². The molecule has 1 aromatic carbocycles. The van der Waals surface area contributed by atoms with Crippen molar-refractivity contribution in [2.75, 3.05) is 17.2 Å². The molecule has 1 unspecified atom stereocenters. The third-order valence-corrected chi connectivity index (χ3v) is 4.27. The Kier molecular flexibility index (Phi) is 4.43. The van der Waals surface area contributed by atoms with Gasteiger partial charge in [0.25, 0.3) is 11.6 Å².